The molecule has 0 saturated heterocycles. The van der Waals surface area contributed by atoms with E-state index in [1.807, 2.05) is 6.92 Å². The Balaban J connectivity index is 4.32. The summed E-state index contributed by atoms with van der Waals surface area (Å²) in [5.74, 6) is 0. The largest absolute Gasteiger partial charge is 0.216 e. The lowest BCUT2D eigenvalue weighted by molar-refractivity contribution is 0.461. The minimum atomic E-state index is -3.01. The highest BCUT2D eigenvalue weighted by Gasteiger charge is 2.20. The molecule has 0 fully saturated rings. The minimum Gasteiger partial charge on any atom is -0.212 e. The summed E-state index contributed by atoms with van der Waals surface area (Å²) in [6.07, 6.45) is 0.864. The predicted molar refractivity (Wildman–Crippen MR) is 47.0 cm³/mol. The highest BCUT2D eigenvalue weighted by atomic mass is 32.2. The van der Waals surface area contributed by atoms with E-state index in [-0.39, 0.29) is 5.25 Å². The molecule has 4 heteroatoms. The molecule has 0 spiro atoms. The molecule has 0 heterocycles. The highest BCUT2D eigenvalue weighted by molar-refractivity contribution is 7.89. The quantitative estimate of drug-likeness (QED) is 0.647. The fourth-order valence-electron chi connectivity index (χ4n) is 0.802. The average Bonchev–Trinajstić information content (AvgIpc) is 1.88. The number of rotatable bonds is 4. The summed E-state index contributed by atoms with van der Waals surface area (Å²) < 4.78 is 24.1. The normalized spacial score (nSPS) is 12.9. The van der Waals surface area contributed by atoms with Gasteiger partial charge in [-0.2, -0.15) is 0 Å². The number of sulfonamides is 1. The van der Waals surface area contributed by atoms with Crippen LogP contribution in [-0.4, -0.2) is 31.6 Å². The van der Waals surface area contributed by atoms with Crippen molar-refractivity contribution in [2.45, 2.75) is 32.4 Å². The molecule has 0 aromatic heterocycles. The number of hydrogen-bond donors (Lipinski definition) is 0. The monoisotopic (exact) mass is 179 g/mol. The van der Waals surface area contributed by atoms with Crippen molar-refractivity contribution in [1.82, 2.24) is 4.31 Å². The average molecular weight is 179 g/mol. The maximum absolute atomic E-state index is 11.3. The lowest BCUT2D eigenvalue weighted by Crippen LogP contribution is -2.33. The van der Waals surface area contributed by atoms with Crippen LogP contribution in [0.1, 0.15) is 27.2 Å². The van der Waals surface area contributed by atoms with Gasteiger partial charge in [0.2, 0.25) is 10.0 Å². The molecule has 3 nitrogen and oxygen atoms in total. The summed E-state index contributed by atoms with van der Waals surface area (Å²) in [4.78, 5) is 0. The number of hydrogen-bond acceptors (Lipinski definition) is 2. The molecular weight excluding hydrogens is 162 g/mol. The van der Waals surface area contributed by atoms with Crippen LogP contribution in [0.25, 0.3) is 0 Å². The van der Waals surface area contributed by atoms with Gasteiger partial charge in [-0.05, 0) is 20.3 Å². The summed E-state index contributed by atoms with van der Waals surface area (Å²) in [6.45, 7) is 5.97. The Kier molecular flexibility index (Phi) is 4.03. The Hall–Kier alpha value is -0.0900. The highest BCUT2D eigenvalue weighted by Crippen LogP contribution is 2.05. The van der Waals surface area contributed by atoms with Crippen LogP contribution in [0.5, 0.6) is 0 Å². The van der Waals surface area contributed by atoms with Gasteiger partial charge in [-0.15, -0.1) is 0 Å². The van der Waals surface area contributed by atoms with Gasteiger partial charge in [0.05, 0.1) is 5.25 Å². The fourth-order valence-corrected chi connectivity index (χ4v) is 1.96. The van der Waals surface area contributed by atoms with Crippen molar-refractivity contribution in [2.75, 3.05) is 13.6 Å². The van der Waals surface area contributed by atoms with Gasteiger partial charge in [-0.25, -0.2) is 12.7 Å². The Morgan fingerprint density at radius 1 is 1.36 bits per heavy atom. The second-order valence-corrected chi connectivity index (χ2v) is 5.51. The van der Waals surface area contributed by atoms with Gasteiger partial charge in [-0.1, -0.05) is 6.92 Å². The van der Waals surface area contributed by atoms with E-state index in [0.29, 0.717) is 6.54 Å². The van der Waals surface area contributed by atoms with E-state index in [2.05, 4.69) is 0 Å². The first-order valence-corrected chi connectivity index (χ1v) is 5.38. The molecule has 0 unspecified atom stereocenters. The van der Waals surface area contributed by atoms with E-state index in [4.69, 9.17) is 0 Å². The first-order valence-electron chi connectivity index (χ1n) is 3.88. The first-order chi connectivity index (χ1) is 4.92. The molecule has 0 aliphatic carbocycles. The number of nitrogens with zero attached hydrogens (tertiary/aromatic N) is 1. The molecule has 0 aromatic rings. The molecule has 0 atom stereocenters. The van der Waals surface area contributed by atoms with Gasteiger partial charge in [0.25, 0.3) is 0 Å². The van der Waals surface area contributed by atoms with Crippen LogP contribution >= 0.6 is 0 Å². The maximum atomic E-state index is 11.3. The zero-order chi connectivity index (χ0) is 9.07. The molecule has 0 aliphatic heterocycles. The summed E-state index contributed by atoms with van der Waals surface area (Å²) in [6, 6.07) is 0. The topological polar surface area (TPSA) is 37.4 Å². The maximum Gasteiger partial charge on any atom is 0.216 e. The third kappa shape index (κ3) is 2.79. The van der Waals surface area contributed by atoms with Gasteiger partial charge >= 0.3 is 0 Å². The SMILES string of the molecule is CCCN(C)S(=O)(=O)C(C)C. The standard InChI is InChI=1S/C7H17NO2S/c1-5-6-8(4)11(9,10)7(2)3/h7H,5-6H2,1-4H3. The predicted octanol–water partition coefficient (Wildman–Crippen LogP) is 1.07. The zero-order valence-electron chi connectivity index (χ0n) is 7.66. The van der Waals surface area contributed by atoms with Crippen LogP contribution in [0.3, 0.4) is 0 Å². The second kappa shape index (κ2) is 4.07. The van der Waals surface area contributed by atoms with E-state index in [9.17, 15) is 8.42 Å². The molecule has 0 aliphatic rings. The molecule has 0 N–H and O–H groups in total. The molecule has 0 amide bonds. The van der Waals surface area contributed by atoms with Crippen molar-refractivity contribution < 1.29 is 8.42 Å². The molecule has 68 valence electrons. The van der Waals surface area contributed by atoms with Crippen LogP contribution < -0.4 is 0 Å². The Morgan fingerprint density at radius 2 is 1.82 bits per heavy atom. The van der Waals surface area contributed by atoms with Crippen molar-refractivity contribution in [2.24, 2.45) is 0 Å². The lowest BCUT2D eigenvalue weighted by atomic mass is 10.5. The van der Waals surface area contributed by atoms with Crippen LogP contribution in [0.4, 0.5) is 0 Å². The van der Waals surface area contributed by atoms with E-state index in [0.717, 1.165) is 6.42 Å². The molecule has 0 rings (SSSR count). The zero-order valence-corrected chi connectivity index (χ0v) is 8.48. The minimum absolute atomic E-state index is 0.306. The summed E-state index contributed by atoms with van der Waals surface area (Å²) in [5, 5.41) is -0.306. The Morgan fingerprint density at radius 3 is 2.09 bits per heavy atom. The van der Waals surface area contributed by atoms with E-state index in [1.165, 1.54) is 4.31 Å². The molecule has 0 saturated carbocycles. The summed E-state index contributed by atoms with van der Waals surface area (Å²) in [5.41, 5.74) is 0. The van der Waals surface area contributed by atoms with Gasteiger partial charge in [-0.3, -0.25) is 0 Å². The third-order valence-corrected chi connectivity index (χ3v) is 3.81. The lowest BCUT2D eigenvalue weighted by Gasteiger charge is -2.18. The van der Waals surface area contributed by atoms with Gasteiger partial charge < -0.3 is 0 Å². The van der Waals surface area contributed by atoms with Crippen LogP contribution in [0.15, 0.2) is 0 Å². The Labute approximate surface area is 69.4 Å². The van der Waals surface area contributed by atoms with E-state index < -0.39 is 10.0 Å². The first kappa shape index (κ1) is 10.9. The van der Waals surface area contributed by atoms with Gasteiger partial charge in [0.1, 0.15) is 0 Å². The van der Waals surface area contributed by atoms with Crippen LogP contribution in [0, 0.1) is 0 Å². The molecular formula is C7H17NO2S. The van der Waals surface area contributed by atoms with Crippen molar-refractivity contribution >= 4 is 10.0 Å². The van der Waals surface area contributed by atoms with Crippen LogP contribution in [-0.2, 0) is 10.0 Å². The molecule has 11 heavy (non-hydrogen) atoms. The van der Waals surface area contributed by atoms with Crippen molar-refractivity contribution in [1.29, 1.82) is 0 Å². The van der Waals surface area contributed by atoms with Crippen LogP contribution in [0.2, 0.25) is 0 Å². The van der Waals surface area contributed by atoms with E-state index in [1.54, 1.807) is 20.9 Å². The third-order valence-electron chi connectivity index (χ3n) is 1.57. The molecule has 0 radical (unpaired) electrons. The van der Waals surface area contributed by atoms with Gasteiger partial charge in [0.15, 0.2) is 0 Å². The van der Waals surface area contributed by atoms with Crippen molar-refractivity contribution in [3.05, 3.63) is 0 Å². The fraction of sp³-hybridized carbons (Fsp3) is 1.00. The molecule has 0 aromatic carbocycles. The smallest absolute Gasteiger partial charge is 0.212 e. The van der Waals surface area contributed by atoms with Gasteiger partial charge in [0, 0.05) is 13.6 Å². The second-order valence-electron chi connectivity index (χ2n) is 2.92. The van der Waals surface area contributed by atoms with Crippen molar-refractivity contribution in [3.63, 3.8) is 0 Å². The summed E-state index contributed by atoms with van der Waals surface area (Å²) >= 11 is 0. The summed E-state index contributed by atoms with van der Waals surface area (Å²) in [7, 11) is -1.38. The van der Waals surface area contributed by atoms with Crippen molar-refractivity contribution in [3.8, 4) is 0 Å². The molecule has 0 bridgehead atoms. The van der Waals surface area contributed by atoms with E-state index >= 15 is 0 Å². The Bertz CT molecular complexity index is 196.